The normalized spacial score (nSPS) is 12.4. The third-order valence-corrected chi connectivity index (χ3v) is 2.96. The van der Waals surface area contributed by atoms with E-state index in [0.717, 1.165) is 0 Å². The lowest BCUT2D eigenvalue weighted by atomic mass is 10.0. The van der Waals surface area contributed by atoms with E-state index in [2.05, 4.69) is 5.32 Å². The van der Waals surface area contributed by atoms with Gasteiger partial charge in [-0.15, -0.1) is 0 Å². The first kappa shape index (κ1) is 15.4. The number of nitrogens with two attached hydrogens (primary N) is 1. The molecule has 0 aromatic heterocycles. The highest BCUT2D eigenvalue weighted by Gasteiger charge is 2.21. The lowest BCUT2D eigenvalue weighted by Gasteiger charge is -2.18. The number of hydrogen-bond donors (Lipinski definition) is 2. The van der Waals surface area contributed by atoms with Gasteiger partial charge in [0.05, 0.1) is 11.0 Å². The molecule has 0 aliphatic rings. The fourth-order valence-corrected chi connectivity index (χ4v) is 1.91. The molecular weight excluding hydrogens is 270 g/mol. The number of carbonyl (C=O) groups is 1. The molecule has 104 valence electrons. The van der Waals surface area contributed by atoms with Crippen LogP contribution in [0.15, 0.2) is 18.2 Å². The molecule has 19 heavy (non-hydrogen) atoms. The molecule has 1 atom stereocenters. The summed E-state index contributed by atoms with van der Waals surface area (Å²) >= 11 is 5.73. The Morgan fingerprint density at radius 2 is 2.16 bits per heavy atom. The van der Waals surface area contributed by atoms with Gasteiger partial charge in [0.2, 0.25) is 5.91 Å². The third-order valence-electron chi connectivity index (χ3n) is 2.73. The Morgan fingerprint density at radius 1 is 1.53 bits per heavy atom. The molecule has 6 nitrogen and oxygen atoms in total. The van der Waals surface area contributed by atoms with Crippen molar-refractivity contribution in [2.45, 2.75) is 26.4 Å². The van der Waals surface area contributed by atoms with Crippen LogP contribution in [0.25, 0.3) is 0 Å². The summed E-state index contributed by atoms with van der Waals surface area (Å²) in [6, 6.07) is 3.88. The second kappa shape index (κ2) is 6.49. The predicted molar refractivity (Wildman–Crippen MR) is 72.8 cm³/mol. The van der Waals surface area contributed by atoms with Crippen molar-refractivity contribution < 1.29 is 9.72 Å². The quantitative estimate of drug-likeness (QED) is 0.615. The number of nitro groups is 1. The standard InChI is InChI=1S/C12H16ClN3O3/c1-7(2)11(12(14)17)15-6-8-3-4-9(13)5-10(8)16(18)19/h3-5,7,11,15H,6H2,1-2H3,(H2,14,17). The lowest BCUT2D eigenvalue weighted by molar-refractivity contribution is -0.385. The van der Waals surface area contributed by atoms with E-state index in [-0.39, 0.29) is 18.2 Å². The SMILES string of the molecule is CC(C)C(NCc1ccc(Cl)cc1[N+](=O)[O-])C(N)=O. The number of halogens is 1. The number of primary amides is 1. The third kappa shape index (κ3) is 4.18. The van der Waals surface area contributed by atoms with Crippen LogP contribution in [0.2, 0.25) is 5.02 Å². The zero-order chi connectivity index (χ0) is 14.6. The molecular formula is C12H16ClN3O3. The maximum atomic E-state index is 11.2. The van der Waals surface area contributed by atoms with Crippen molar-refractivity contribution in [2.75, 3.05) is 0 Å². The Labute approximate surface area is 116 Å². The summed E-state index contributed by atoms with van der Waals surface area (Å²) in [6.07, 6.45) is 0. The summed E-state index contributed by atoms with van der Waals surface area (Å²) in [5, 5.41) is 14.1. The van der Waals surface area contributed by atoms with E-state index in [4.69, 9.17) is 17.3 Å². The van der Waals surface area contributed by atoms with E-state index >= 15 is 0 Å². The first-order valence-corrected chi connectivity index (χ1v) is 6.16. The zero-order valence-electron chi connectivity index (χ0n) is 10.7. The van der Waals surface area contributed by atoms with E-state index in [0.29, 0.717) is 10.6 Å². The molecule has 0 aliphatic carbocycles. The number of carbonyl (C=O) groups excluding carboxylic acids is 1. The van der Waals surface area contributed by atoms with Gasteiger partial charge in [-0.3, -0.25) is 14.9 Å². The van der Waals surface area contributed by atoms with Gasteiger partial charge in [0.25, 0.3) is 5.69 Å². The van der Waals surface area contributed by atoms with E-state index in [1.165, 1.54) is 6.07 Å². The molecule has 1 rings (SSSR count). The predicted octanol–water partition coefficient (Wildman–Crippen LogP) is 1.85. The average Bonchev–Trinajstić information content (AvgIpc) is 2.29. The molecule has 7 heteroatoms. The van der Waals surface area contributed by atoms with E-state index in [1.54, 1.807) is 12.1 Å². The topological polar surface area (TPSA) is 98.3 Å². The van der Waals surface area contributed by atoms with Crippen molar-refractivity contribution in [3.63, 3.8) is 0 Å². The van der Waals surface area contributed by atoms with Crippen LogP contribution in [0.4, 0.5) is 5.69 Å². The molecule has 0 heterocycles. The van der Waals surface area contributed by atoms with Crippen LogP contribution < -0.4 is 11.1 Å². The monoisotopic (exact) mass is 285 g/mol. The molecule has 1 aromatic rings. The van der Waals surface area contributed by atoms with E-state index in [9.17, 15) is 14.9 Å². The summed E-state index contributed by atoms with van der Waals surface area (Å²) in [7, 11) is 0. The largest absolute Gasteiger partial charge is 0.368 e. The van der Waals surface area contributed by atoms with Gasteiger partial charge in [-0.2, -0.15) is 0 Å². The first-order chi connectivity index (χ1) is 8.82. The Balaban J connectivity index is 2.88. The summed E-state index contributed by atoms with van der Waals surface area (Å²) in [5.74, 6) is -0.476. The maximum Gasteiger partial charge on any atom is 0.275 e. The molecule has 0 radical (unpaired) electrons. The van der Waals surface area contributed by atoms with Crippen LogP contribution in [0, 0.1) is 16.0 Å². The minimum absolute atomic E-state index is 0.00357. The van der Waals surface area contributed by atoms with Gasteiger partial charge in [-0.25, -0.2) is 0 Å². The van der Waals surface area contributed by atoms with Gasteiger partial charge in [-0.05, 0) is 18.1 Å². The van der Waals surface area contributed by atoms with Gasteiger partial charge in [0.1, 0.15) is 0 Å². The Kier molecular flexibility index (Phi) is 5.26. The fraction of sp³-hybridized carbons (Fsp3) is 0.417. The number of benzene rings is 1. The molecule has 1 aromatic carbocycles. The van der Waals surface area contributed by atoms with Crippen LogP contribution in [-0.2, 0) is 11.3 Å². The molecule has 1 unspecified atom stereocenters. The smallest absolute Gasteiger partial charge is 0.275 e. The van der Waals surface area contributed by atoms with Gasteiger partial charge in [0, 0.05) is 23.2 Å². The molecule has 1 amide bonds. The molecule has 3 N–H and O–H groups in total. The van der Waals surface area contributed by atoms with Crippen LogP contribution in [0.5, 0.6) is 0 Å². The second-order valence-corrected chi connectivity index (χ2v) is 4.97. The number of nitro benzene ring substituents is 1. The van der Waals surface area contributed by atoms with Crippen molar-refractivity contribution >= 4 is 23.2 Å². The Bertz CT molecular complexity index is 491. The molecule has 0 saturated carbocycles. The van der Waals surface area contributed by atoms with Crippen LogP contribution in [-0.4, -0.2) is 16.9 Å². The van der Waals surface area contributed by atoms with E-state index < -0.39 is 16.9 Å². The summed E-state index contributed by atoms with van der Waals surface area (Å²) in [5.41, 5.74) is 5.65. The number of hydrogen-bond acceptors (Lipinski definition) is 4. The van der Waals surface area contributed by atoms with Crippen LogP contribution in [0.1, 0.15) is 19.4 Å². The highest BCUT2D eigenvalue weighted by Crippen LogP contribution is 2.23. The van der Waals surface area contributed by atoms with Gasteiger partial charge < -0.3 is 11.1 Å². The number of nitrogens with zero attached hydrogens (tertiary/aromatic N) is 1. The second-order valence-electron chi connectivity index (χ2n) is 4.54. The zero-order valence-corrected chi connectivity index (χ0v) is 11.5. The molecule has 0 aliphatic heterocycles. The van der Waals surface area contributed by atoms with Crippen molar-refractivity contribution in [3.8, 4) is 0 Å². The molecule has 0 saturated heterocycles. The number of nitrogens with one attached hydrogen (secondary N) is 1. The Hall–Kier alpha value is -1.66. The van der Waals surface area contributed by atoms with Crippen molar-refractivity contribution in [3.05, 3.63) is 38.9 Å². The minimum Gasteiger partial charge on any atom is -0.368 e. The number of rotatable bonds is 6. The highest BCUT2D eigenvalue weighted by molar-refractivity contribution is 6.30. The van der Waals surface area contributed by atoms with Crippen molar-refractivity contribution in [1.82, 2.24) is 5.32 Å². The van der Waals surface area contributed by atoms with Crippen LogP contribution in [0.3, 0.4) is 0 Å². The van der Waals surface area contributed by atoms with E-state index in [1.807, 2.05) is 13.8 Å². The molecule has 0 spiro atoms. The Morgan fingerprint density at radius 3 is 2.63 bits per heavy atom. The van der Waals surface area contributed by atoms with Crippen molar-refractivity contribution in [2.24, 2.45) is 11.7 Å². The maximum absolute atomic E-state index is 11.2. The van der Waals surface area contributed by atoms with Gasteiger partial charge >= 0.3 is 0 Å². The summed E-state index contributed by atoms with van der Waals surface area (Å²) in [6.45, 7) is 3.87. The van der Waals surface area contributed by atoms with Gasteiger partial charge in [0.15, 0.2) is 0 Å². The highest BCUT2D eigenvalue weighted by atomic mass is 35.5. The first-order valence-electron chi connectivity index (χ1n) is 5.78. The fourth-order valence-electron chi connectivity index (χ4n) is 1.74. The summed E-state index contributed by atoms with van der Waals surface area (Å²) < 4.78 is 0. The number of amides is 1. The average molecular weight is 286 g/mol. The molecule has 0 bridgehead atoms. The lowest BCUT2D eigenvalue weighted by Crippen LogP contribution is -2.44. The minimum atomic E-state index is -0.532. The molecule has 0 fully saturated rings. The van der Waals surface area contributed by atoms with Crippen LogP contribution >= 0.6 is 11.6 Å². The summed E-state index contributed by atoms with van der Waals surface area (Å²) in [4.78, 5) is 21.7. The van der Waals surface area contributed by atoms with Gasteiger partial charge in [-0.1, -0.05) is 25.4 Å². The van der Waals surface area contributed by atoms with Crippen molar-refractivity contribution in [1.29, 1.82) is 0 Å².